The molecular formula is C21H21N3O3. The Balaban J connectivity index is 1.94. The maximum absolute atomic E-state index is 12.2. The molecule has 138 valence electrons. The van der Waals surface area contributed by atoms with E-state index >= 15 is 0 Å². The highest BCUT2D eigenvalue weighted by Gasteiger charge is 2.23. The van der Waals surface area contributed by atoms with Gasteiger partial charge in [-0.25, -0.2) is 5.01 Å². The standard InChI is InChI=1S/C21H21N3O3/c1-13-9-16-11-20-17(12-26-7-8-27-20)10-19(16)21(23-24(13)14(2)25)15-3-5-18(22)6-4-15/h3-6,9-11H,7-8,12,22H2,1-2H3. The summed E-state index contributed by atoms with van der Waals surface area (Å²) in [5.74, 6) is 0.661. The minimum absolute atomic E-state index is 0.148. The van der Waals surface area contributed by atoms with E-state index in [-0.39, 0.29) is 5.91 Å². The molecule has 2 aliphatic rings. The summed E-state index contributed by atoms with van der Waals surface area (Å²) in [6.45, 7) is 4.94. The summed E-state index contributed by atoms with van der Waals surface area (Å²) in [5, 5.41) is 6.10. The highest BCUT2D eigenvalue weighted by Crippen LogP contribution is 2.32. The number of fused-ring (bicyclic) bond motifs is 2. The van der Waals surface area contributed by atoms with Gasteiger partial charge in [0.1, 0.15) is 12.4 Å². The van der Waals surface area contributed by atoms with Crippen LogP contribution in [0.3, 0.4) is 0 Å². The van der Waals surface area contributed by atoms with E-state index in [9.17, 15) is 4.79 Å². The van der Waals surface area contributed by atoms with Gasteiger partial charge in [0.2, 0.25) is 5.91 Å². The maximum atomic E-state index is 12.2. The molecule has 2 aromatic rings. The third-order valence-corrected chi connectivity index (χ3v) is 4.61. The molecule has 0 saturated carbocycles. The molecule has 2 N–H and O–H groups in total. The van der Waals surface area contributed by atoms with Crippen molar-refractivity contribution >= 4 is 23.4 Å². The number of rotatable bonds is 1. The average Bonchev–Trinajstić information content (AvgIpc) is 2.94. The fraction of sp³-hybridized carbons (Fsp3) is 0.238. The maximum Gasteiger partial charge on any atom is 0.243 e. The Labute approximate surface area is 157 Å². The molecule has 27 heavy (non-hydrogen) atoms. The Hall–Kier alpha value is -3.12. The number of ether oxygens (including phenoxy) is 2. The van der Waals surface area contributed by atoms with Crippen molar-refractivity contribution in [1.29, 1.82) is 0 Å². The van der Waals surface area contributed by atoms with Crippen LogP contribution in [0.4, 0.5) is 5.69 Å². The van der Waals surface area contributed by atoms with Crippen LogP contribution < -0.4 is 10.5 Å². The fourth-order valence-electron chi connectivity index (χ4n) is 3.30. The van der Waals surface area contributed by atoms with Crippen molar-refractivity contribution in [2.45, 2.75) is 20.5 Å². The molecule has 0 aromatic heterocycles. The topological polar surface area (TPSA) is 77.2 Å². The van der Waals surface area contributed by atoms with Crippen molar-refractivity contribution in [2.75, 3.05) is 18.9 Å². The van der Waals surface area contributed by atoms with Crippen molar-refractivity contribution in [3.8, 4) is 5.75 Å². The predicted octanol–water partition coefficient (Wildman–Crippen LogP) is 3.15. The van der Waals surface area contributed by atoms with Crippen LogP contribution in [-0.2, 0) is 16.1 Å². The Morgan fingerprint density at radius 1 is 1.19 bits per heavy atom. The molecular weight excluding hydrogens is 342 g/mol. The van der Waals surface area contributed by atoms with E-state index in [0.29, 0.717) is 31.2 Å². The van der Waals surface area contributed by atoms with Crippen LogP contribution in [0.15, 0.2) is 47.2 Å². The van der Waals surface area contributed by atoms with Gasteiger partial charge in [0, 0.05) is 35.0 Å². The first-order valence-electron chi connectivity index (χ1n) is 8.84. The highest BCUT2D eigenvalue weighted by molar-refractivity contribution is 6.15. The van der Waals surface area contributed by atoms with Gasteiger partial charge >= 0.3 is 0 Å². The van der Waals surface area contributed by atoms with Crippen molar-refractivity contribution in [1.82, 2.24) is 5.01 Å². The van der Waals surface area contributed by atoms with Gasteiger partial charge < -0.3 is 15.2 Å². The molecule has 1 amide bonds. The van der Waals surface area contributed by atoms with E-state index in [1.807, 2.05) is 49.4 Å². The van der Waals surface area contributed by atoms with E-state index < -0.39 is 0 Å². The quantitative estimate of drug-likeness (QED) is 0.790. The van der Waals surface area contributed by atoms with Crippen LogP contribution in [0.5, 0.6) is 5.75 Å². The summed E-state index contributed by atoms with van der Waals surface area (Å²) < 4.78 is 11.4. The predicted molar refractivity (Wildman–Crippen MR) is 104 cm³/mol. The summed E-state index contributed by atoms with van der Waals surface area (Å²) in [6.07, 6.45) is 1.96. The van der Waals surface area contributed by atoms with E-state index in [0.717, 1.165) is 33.7 Å². The van der Waals surface area contributed by atoms with E-state index in [2.05, 4.69) is 5.10 Å². The summed E-state index contributed by atoms with van der Waals surface area (Å²) >= 11 is 0. The number of carbonyl (C=O) groups is 1. The van der Waals surface area contributed by atoms with Crippen LogP contribution in [0.1, 0.15) is 36.1 Å². The first-order valence-corrected chi connectivity index (χ1v) is 8.84. The molecule has 2 heterocycles. The largest absolute Gasteiger partial charge is 0.491 e. The van der Waals surface area contributed by atoms with Gasteiger partial charge in [-0.3, -0.25) is 4.79 Å². The van der Waals surface area contributed by atoms with Crippen molar-refractivity contribution in [3.63, 3.8) is 0 Å². The van der Waals surface area contributed by atoms with Crippen molar-refractivity contribution in [2.24, 2.45) is 5.10 Å². The Morgan fingerprint density at radius 3 is 2.70 bits per heavy atom. The molecule has 0 saturated heterocycles. The molecule has 2 aromatic carbocycles. The second-order valence-corrected chi connectivity index (χ2v) is 6.64. The van der Waals surface area contributed by atoms with Crippen LogP contribution in [0.2, 0.25) is 0 Å². The minimum atomic E-state index is -0.148. The molecule has 4 rings (SSSR count). The zero-order valence-corrected chi connectivity index (χ0v) is 15.4. The van der Waals surface area contributed by atoms with Gasteiger partial charge in [-0.05, 0) is 42.8 Å². The molecule has 0 atom stereocenters. The fourth-order valence-corrected chi connectivity index (χ4v) is 3.30. The molecule has 0 spiro atoms. The summed E-state index contributed by atoms with van der Waals surface area (Å²) in [6, 6.07) is 11.5. The first-order chi connectivity index (χ1) is 13.0. The normalized spacial score (nSPS) is 16.1. The third kappa shape index (κ3) is 3.31. The molecule has 2 aliphatic heterocycles. The number of nitrogens with two attached hydrogens (primary N) is 1. The number of carbonyl (C=O) groups excluding carboxylic acids is 1. The van der Waals surface area contributed by atoms with Gasteiger partial charge in [-0.2, -0.15) is 5.10 Å². The Kier molecular flexibility index (Phi) is 4.41. The van der Waals surface area contributed by atoms with Crippen LogP contribution in [0.25, 0.3) is 6.08 Å². The van der Waals surface area contributed by atoms with Crippen LogP contribution in [-0.4, -0.2) is 29.8 Å². The average molecular weight is 363 g/mol. The SMILES string of the molecule is CC(=O)N1N=C(c2ccc(N)cc2)c2cc3c(cc2C=C1C)OCCOC3. The Bertz CT molecular complexity index is 961. The number of amides is 1. The summed E-state index contributed by atoms with van der Waals surface area (Å²) in [5.41, 5.74) is 11.7. The number of allylic oxidation sites excluding steroid dienone is 1. The van der Waals surface area contributed by atoms with Crippen molar-refractivity contribution < 1.29 is 14.3 Å². The van der Waals surface area contributed by atoms with Gasteiger partial charge in [-0.15, -0.1) is 0 Å². The van der Waals surface area contributed by atoms with E-state index in [1.165, 1.54) is 11.9 Å². The molecule has 6 nitrogen and oxygen atoms in total. The molecule has 6 heteroatoms. The number of nitrogens with zero attached hydrogens (tertiary/aromatic N) is 2. The third-order valence-electron chi connectivity index (χ3n) is 4.61. The number of hydrogen-bond acceptors (Lipinski definition) is 5. The second-order valence-electron chi connectivity index (χ2n) is 6.64. The van der Waals surface area contributed by atoms with Gasteiger partial charge in [0.25, 0.3) is 0 Å². The summed E-state index contributed by atoms with van der Waals surface area (Å²) in [7, 11) is 0. The molecule has 0 aliphatic carbocycles. The van der Waals surface area contributed by atoms with Gasteiger partial charge in [0.15, 0.2) is 0 Å². The lowest BCUT2D eigenvalue weighted by Crippen LogP contribution is -2.22. The zero-order chi connectivity index (χ0) is 19.0. The van der Waals surface area contributed by atoms with Crippen LogP contribution >= 0.6 is 0 Å². The number of nitrogen functional groups attached to an aromatic ring is 1. The molecule has 0 radical (unpaired) electrons. The van der Waals surface area contributed by atoms with E-state index in [4.69, 9.17) is 15.2 Å². The number of hydrogen-bond donors (Lipinski definition) is 1. The van der Waals surface area contributed by atoms with Crippen LogP contribution in [0, 0.1) is 0 Å². The van der Waals surface area contributed by atoms with Crippen molar-refractivity contribution in [3.05, 3.63) is 64.3 Å². The van der Waals surface area contributed by atoms with Gasteiger partial charge in [-0.1, -0.05) is 12.1 Å². The van der Waals surface area contributed by atoms with Gasteiger partial charge in [0.05, 0.1) is 18.9 Å². The zero-order valence-electron chi connectivity index (χ0n) is 15.4. The summed E-state index contributed by atoms with van der Waals surface area (Å²) in [4.78, 5) is 12.2. The lowest BCUT2D eigenvalue weighted by Gasteiger charge is -2.16. The lowest BCUT2D eigenvalue weighted by molar-refractivity contribution is -0.126. The smallest absolute Gasteiger partial charge is 0.243 e. The molecule has 0 fully saturated rings. The number of benzene rings is 2. The Morgan fingerprint density at radius 2 is 1.96 bits per heavy atom. The number of anilines is 1. The minimum Gasteiger partial charge on any atom is -0.491 e. The monoisotopic (exact) mass is 363 g/mol. The highest BCUT2D eigenvalue weighted by atomic mass is 16.5. The van der Waals surface area contributed by atoms with E-state index in [1.54, 1.807) is 0 Å². The lowest BCUT2D eigenvalue weighted by atomic mass is 9.94. The number of hydrazone groups is 1. The molecule has 0 bridgehead atoms. The first kappa shape index (κ1) is 17.3. The molecule has 0 unspecified atom stereocenters. The second kappa shape index (κ2) is 6.89.